The first kappa shape index (κ1) is 15.0. The lowest BCUT2D eigenvalue weighted by molar-refractivity contribution is 0.102. The van der Waals surface area contributed by atoms with Crippen molar-refractivity contribution in [2.45, 2.75) is 6.92 Å². The quantitative estimate of drug-likeness (QED) is 0.852. The average Bonchev–Trinajstić information content (AvgIpc) is 2.47. The molecular weight excluding hydrogens is 284 g/mol. The van der Waals surface area contributed by atoms with Crippen LogP contribution in [0.1, 0.15) is 21.5 Å². The molecule has 4 nitrogen and oxygen atoms in total. The predicted molar refractivity (Wildman–Crippen MR) is 88.0 cm³/mol. The molecular formula is C16H16N2O2S. The van der Waals surface area contributed by atoms with E-state index in [0.717, 1.165) is 5.56 Å². The van der Waals surface area contributed by atoms with Crippen LogP contribution in [0.25, 0.3) is 0 Å². The van der Waals surface area contributed by atoms with Crippen LogP contribution in [0.15, 0.2) is 42.5 Å². The van der Waals surface area contributed by atoms with E-state index in [-0.39, 0.29) is 10.9 Å². The molecule has 3 N–H and O–H groups in total. The van der Waals surface area contributed by atoms with Crippen LogP contribution in [0.5, 0.6) is 5.75 Å². The highest BCUT2D eigenvalue weighted by molar-refractivity contribution is 7.80. The van der Waals surface area contributed by atoms with E-state index in [1.165, 1.54) is 7.11 Å². The van der Waals surface area contributed by atoms with Crippen molar-refractivity contribution in [1.82, 2.24) is 0 Å². The van der Waals surface area contributed by atoms with Crippen molar-refractivity contribution in [2.75, 3.05) is 12.4 Å². The summed E-state index contributed by atoms with van der Waals surface area (Å²) in [6, 6.07) is 12.6. The SMILES string of the molecule is COc1cc(C(N)=S)ccc1NC(=O)c1ccccc1C. The van der Waals surface area contributed by atoms with Gasteiger partial charge in [0.2, 0.25) is 0 Å². The van der Waals surface area contributed by atoms with Crippen molar-refractivity contribution in [3.8, 4) is 5.75 Å². The maximum atomic E-state index is 12.3. The van der Waals surface area contributed by atoms with Gasteiger partial charge in [0.1, 0.15) is 10.7 Å². The minimum atomic E-state index is -0.186. The van der Waals surface area contributed by atoms with E-state index < -0.39 is 0 Å². The van der Waals surface area contributed by atoms with Crippen molar-refractivity contribution in [3.05, 3.63) is 59.2 Å². The van der Waals surface area contributed by atoms with Crippen LogP contribution in [-0.4, -0.2) is 18.0 Å². The number of nitrogens with one attached hydrogen (secondary N) is 1. The fraction of sp³-hybridized carbons (Fsp3) is 0.125. The minimum absolute atomic E-state index is 0.186. The number of carbonyl (C=O) groups is 1. The van der Waals surface area contributed by atoms with Crippen molar-refractivity contribution in [1.29, 1.82) is 0 Å². The first-order chi connectivity index (χ1) is 10.0. The van der Waals surface area contributed by atoms with Gasteiger partial charge in [-0.3, -0.25) is 4.79 Å². The highest BCUT2D eigenvalue weighted by Gasteiger charge is 2.12. The van der Waals surface area contributed by atoms with Gasteiger partial charge in [0.25, 0.3) is 5.91 Å². The summed E-state index contributed by atoms with van der Waals surface area (Å²) in [6.07, 6.45) is 0. The van der Waals surface area contributed by atoms with E-state index in [1.807, 2.05) is 25.1 Å². The van der Waals surface area contributed by atoms with Gasteiger partial charge in [0, 0.05) is 11.1 Å². The number of aryl methyl sites for hydroxylation is 1. The summed E-state index contributed by atoms with van der Waals surface area (Å²) in [5.74, 6) is 0.330. The van der Waals surface area contributed by atoms with Crippen molar-refractivity contribution in [2.24, 2.45) is 5.73 Å². The number of thiocarbonyl (C=S) groups is 1. The molecule has 0 fully saturated rings. The third-order valence-electron chi connectivity index (χ3n) is 3.12. The zero-order valence-electron chi connectivity index (χ0n) is 11.8. The second-order valence-electron chi connectivity index (χ2n) is 4.55. The number of amides is 1. The number of hydrogen-bond acceptors (Lipinski definition) is 3. The highest BCUT2D eigenvalue weighted by Crippen LogP contribution is 2.26. The average molecular weight is 300 g/mol. The topological polar surface area (TPSA) is 64.3 Å². The summed E-state index contributed by atoms with van der Waals surface area (Å²) < 4.78 is 5.27. The Labute approximate surface area is 128 Å². The second-order valence-corrected chi connectivity index (χ2v) is 4.99. The van der Waals surface area contributed by atoms with Gasteiger partial charge >= 0.3 is 0 Å². The molecule has 0 aliphatic rings. The Morgan fingerprint density at radius 2 is 1.95 bits per heavy atom. The first-order valence-electron chi connectivity index (χ1n) is 6.37. The molecule has 2 aromatic rings. The Bertz CT molecular complexity index is 698. The van der Waals surface area contributed by atoms with Gasteiger partial charge in [-0.2, -0.15) is 0 Å². The van der Waals surface area contributed by atoms with Crippen LogP contribution in [-0.2, 0) is 0 Å². The molecule has 0 saturated heterocycles. The summed E-state index contributed by atoms with van der Waals surface area (Å²) in [7, 11) is 1.53. The van der Waals surface area contributed by atoms with Crippen LogP contribution in [0.3, 0.4) is 0 Å². The molecule has 2 rings (SSSR count). The number of hydrogen-bond donors (Lipinski definition) is 2. The number of rotatable bonds is 4. The summed E-state index contributed by atoms with van der Waals surface area (Å²) in [5.41, 5.74) is 8.39. The molecule has 0 aliphatic heterocycles. The first-order valence-corrected chi connectivity index (χ1v) is 6.78. The minimum Gasteiger partial charge on any atom is -0.495 e. The molecule has 0 atom stereocenters. The molecule has 2 aromatic carbocycles. The van der Waals surface area contributed by atoms with Crippen LogP contribution >= 0.6 is 12.2 Å². The van der Waals surface area contributed by atoms with E-state index >= 15 is 0 Å². The molecule has 1 amide bonds. The zero-order valence-corrected chi connectivity index (χ0v) is 12.7. The lowest BCUT2D eigenvalue weighted by atomic mass is 10.1. The van der Waals surface area contributed by atoms with E-state index in [4.69, 9.17) is 22.7 Å². The van der Waals surface area contributed by atoms with E-state index in [2.05, 4.69) is 5.32 Å². The van der Waals surface area contributed by atoms with Crippen LogP contribution in [0, 0.1) is 6.92 Å². The number of anilines is 1. The largest absolute Gasteiger partial charge is 0.495 e. The maximum absolute atomic E-state index is 12.3. The third-order valence-corrected chi connectivity index (χ3v) is 3.36. The number of methoxy groups -OCH3 is 1. The van der Waals surface area contributed by atoms with Gasteiger partial charge in [-0.05, 0) is 36.8 Å². The van der Waals surface area contributed by atoms with Gasteiger partial charge in [-0.15, -0.1) is 0 Å². The Hall–Kier alpha value is -2.40. The normalized spacial score (nSPS) is 10.0. The second kappa shape index (κ2) is 6.37. The molecule has 0 bridgehead atoms. The number of nitrogens with two attached hydrogens (primary N) is 1. The van der Waals surface area contributed by atoms with E-state index in [9.17, 15) is 4.79 Å². The van der Waals surface area contributed by atoms with E-state index in [1.54, 1.807) is 24.3 Å². The van der Waals surface area contributed by atoms with Crippen LogP contribution in [0.2, 0.25) is 0 Å². The Morgan fingerprint density at radius 3 is 2.57 bits per heavy atom. The smallest absolute Gasteiger partial charge is 0.256 e. The molecule has 108 valence electrons. The van der Waals surface area contributed by atoms with Crippen LogP contribution in [0.4, 0.5) is 5.69 Å². The van der Waals surface area contributed by atoms with E-state index in [0.29, 0.717) is 22.6 Å². The summed E-state index contributed by atoms with van der Waals surface area (Å²) in [5, 5.41) is 2.84. The van der Waals surface area contributed by atoms with Crippen molar-refractivity contribution in [3.63, 3.8) is 0 Å². The molecule has 0 radical (unpaired) electrons. The maximum Gasteiger partial charge on any atom is 0.256 e. The molecule has 5 heteroatoms. The molecule has 21 heavy (non-hydrogen) atoms. The molecule has 0 heterocycles. The van der Waals surface area contributed by atoms with Gasteiger partial charge in [-0.1, -0.05) is 30.4 Å². The van der Waals surface area contributed by atoms with Gasteiger partial charge < -0.3 is 15.8 Å². The zero-order chi connectivity index (χ0) is 15.4. The Morgan fingerprint density at radius 1 is 1.24 bits per heavy atom. The third kappa shape index (κ3) is 3.38. The van der Waals surface area contributed by atoms with Gasteiger partial charge in [0.05, 0.1) is 12.8 Å². The molecule has 0 spiro atoms. The van der Waals surface area contributed by atoms with Crippen molar-refractivity contribution < 1.29 is 9.53 Å². The molecule has 0 saturated carbocycles. The Kier molecular flexibility index (Phi) is 4.55. The lowest BCUT2D eigenvalue weighted by Crippen LogP contribution is -2.15. The molecule has 0 aliphatic carbocycles. The number of benzene rings is 2. The number of ether oxygens (including phenoxy) is 1. The predicted octanol–water partition coefficient (Wildman–Crippen LogP) is 2.89. The summed E-state index contributed by atoms with van der Waals surface area (Å²) in [6.45, 7) is 1.89. The van der Waals surface area contributed by atoms with Gasteiger partial charge in [-0.25, -0.2) is 0 Å². The van der Waals surface area contributed by atoms with Crippen LogP contribution < -0.4 is 15.8 Å². The Balaban J connectivity index is 2.29. The monoisotopic (exact) mass is 300 g/mol. The molecule has 0 aromatic heterocycles. The molecule has 0 unspecified atom stereocenters. The van der Waals surface area contributed by atoms with Crippen molar-refractivity contribution >= 4 is 28.8 Å². The summed E-state index contributed by atoms with van der Waals surface area (Å²) in [4.78, 5) is 12.6. The summed E-state index contributed by atoms with van der Waals surface area (Å²) >= 11 is 4.93. The van der Waals surface area contributed by atoms with Gasteiger partial charge in [0.15, 0.2) is 0 Å². The lowest BCUT2D eigenvalue weighted by Gasteiger charge is -2.12. The standard InChI is InChI=1S/C16H16N2O2S/c1-10-5-3-4-6-12(10)16(19)18-13-8-7-11(15(17)21)9-14(13)20-2/h3-9H,1-2H3,(H2,17,21)(H,18,19). The highest BCUT2D eigenvalue weighted by atomic mass is 32.1. The fourth-order valence-electron chi connectivity index (χ4n) is 1.97. The fourth-order valence-corrected chi connectivity index (χ4v) is 2.09. The number of carbonyl (C=O) groups excluding carboxylic acids is 1.